The molecule has 1 aliphatic carbocycles. The topological polar surface area (TPSA) is 145 Å². The molecule has 34 heavy (non-hydrogen) atoms. The zero-order chi connectivity index (χ0) is 26.2. The van der Waals surface area contributed by atoms with Gasteiger partial charge in [0, 0.05) is 23.1 Å². The molecule has 2 amide bonds. The molecule has 12 nitrogen and oxygen atoms in total. The van der Waals surface area contributed by atoms with Crippen molar-refractivity contribution in [1.29, 1.82) is 0 Å². The number of aromatic nitrogens is 5. The van der Waals surface area contributed by atoms with E-state index >= 15 is 0 Å². The largest absolute Gasteiger partial charge is 0.494 e. The lowest BCUT2D eigenvalue weighted by Crippen LogP contribution is -2.30. The van der Waals surface area contributed by atoms with Crippen LogP contribution in [-0.4, -0.2) is 64.1 Å². The zero-order valence-corrected chi connectivity index (χ0v) is 18.2. The minimum Gasteiger partial charge on any atom is -0.494 e. The Morgan fingerprint density at radius 1 is 1.24 bits per heavy atom. The van der Waals surface area contributed by atoms with E-state index in [1.54, 1.807) is 29.2 Å². The molecule has 176 valence electrons. The van der Waals surface area contributed by atoms with Gasteiger partial charge in [-0.15, -0.1) is 10.2 Å². The summed E-state index contributed by atoms with van der Waals surface area (Å²) in [5.41, 5.74) is 0.854. The Balaban J connectivity index is 1.48. The predicted octanol–water partition coefficient (Wildman–Crippen LogP) is 1.77. The van der Waals surface area contributed by atoms with E-state index in [1.165, 1.54) is 13.2 Å². The SMILES string of the molecule is [2H]C([2H])([2H])NC(=O)c1nnc(NC(=O)C2CC2)cc1Nc1cccc(-c2ncn(C3COC3)n2)c1OC. The van der Waals surface area contributed by atoms with E-state index in [1.807, 2.05) is 5.32 Å². The van der Waals surface area contributed by atoms with Gasteiger partial charge in [0.2, 0.25) is 5.91 Å². The Bertz CT molecular complexity index is 1340. The van der Waals surface area contributed by atoms with Crippen molar-refractivity contribution < 1.29 is 23.2 Å². The number of rotatable bonds is 8. The second kappa shape index (κ2) is 9.06. The van der Waals surface area contributed by atoms with Gasteiger partial charge in [0.15, 0.2) is 23.1 Å². The van der Waals surface area contributed by atoms with E-state index < -0.39 is 12.9 Å². The number of nitrogens with one attached hydrogen (secondary N) is 3. The van der Waals surface area contributed by atoms with Crippen molar-refractivity contribution in [2.75, 3.05) is 37.9 Å². The number of para-hydroxylation sites is 1. The molecule has 3 heterocycles. The predicted molar refractivity (Wildman–Crippen MR) is 122 cm³/mol. The maximum absolute atomic E-state index is 12.7. The second-order valence-corrected chi connectivity index (χ2v) is 7.96. The van der Waals surface area contributed by atoms with Gasteiger partial charge in [-0.25, -0.2) is 9.67 Å². The van der Waals surface area contributed by atoms with Gasteiger partial charge in [0.1, 0.15) is 12.4 Å². The number of nitrogens with zero attached hydrogens (tertiary/aromatic N) is 5. The van der Waals surface area contributed by atoms with Gasteiger partial charge in [-0.1, -0.05) is 6.07 Å². The lowest BCUT2D eigenvalue weighted by atomic mass is 10.1. The van der Waals surface area contributed by atoms with Crippen molar-refractivity contribution in [1.82, 2.24) is 30.3 Å². The Morgan fingerprint density at radius 2 is 2.09 bits per heavy atom. The average molecular weight is 468 g/mol. The minimum atomic E-state index is -2.73. The molecular formula is C22H24N8O4. The maximum atomic E-state index is 12.7. The monoisotopic (exact) mass is 467 g/mol. The highest BCUT2D eigenvalue weighted by Gasteiger charge is 2.30. The summed E-state index contributed by atoms with van der Waals surface area (Å²) in [4.78, 5) is 29.3. The normalized spacial score (nSPS) is 17.0. The number of ether oxygens (including phenoxy) is 2. The molecule has 0 radical (unpaired) electrons. The molecule has 2 fully saturated rings. The first kappa shape index (κ1) is 18.4. The van der Waals surface area contributed by atoms with Crippen LogP contribution in [0.3, 0.4) is 0 Å². The van der Waals surface area contributed by atoms with Crippen LogP contribution >= 0.6 is 0 Å². The molecule has 0 spiro atoms. The summed E-state index contributed by atoms with van der Waals surface area (Å²) in [6.07, 6.45) is 3.22. The molecule has 0 bridgehead atoms. The number of anilines is 3. The van der Waals surface area contributed by atoms with E-state index in [4.69, 9.17) is 13.6 Å². The van der Waals surface area contributed by atoms with E-state index in [0.29, 0.717) is 36.0 Å². The highest BCUT2D eigenvalue weighted by molar-refractivity contribution is 6.00. The summed E-state index contributed by atoms with van der Waals surface area (Å²) in [5, 5.41) is 20.0. The van der Waals surface area contributed by atoms with Crippen molar-refractivity contribution in [3.8, 4) is 17.1 Å². The molecule has 0 atom stereocenters. The molecule has 2 aromatic heterocycles. The summed E-state index contributed by atoms with van der Waals surface area (Å²) >= 11 is 0. The van der Waals surface area contributed by atoms with Crippen LogP contribution in [0.1, 0.15) is 33.5 Å². The summed E-state index contributed by atoms with van der Waals surface area (Å²) in [7, 11) is 1.48. The molecule has 12 heteroatoms. The molecule has 1 aliphatic heterocycles. The van der Waals surface area contributed by atoms with Crippen LogP contribution in [-0.2, 0) is 9.53 Å². The molecule has 0 unspecified atom stereocenters. The second-order valence-electron chi connectivity index (χ2n) is 7.96. The van der Waals surface area contributed by atoms with Crippen LogP contribution in [0.5, 0.6) is 5.75 Å². The fourth-order valence-corrected chi connectivity index (χ4v) is 3.48. The first-order valence-electron chi connectivity index (χ1n) is 12.2. The van der Waals surface area contributed by atoms with Gasteiger partial charge < -0.3 is 25.4 Å². The summed E-state index contributed by atoms with van der Waals surface area (Å²) in [6, 6.07) is 6.78. The zero-order valence-electron chi connectivity index (χ0n) is 21.2. The van der Waals surface area contributed by atoms with Crippen LogP contribution in [0, 0.1) is 5.92 Å². The van der Waals surface area contributed by atoms with Crippen LogP contribution in [0.2, 0.25) is 0 Å². The van der Waals surface area contributed by atoms with E-state index in [0.717, 1.165) is 12.8 Å². The Hall–Kier alpha value is -4.06. The summed E-state index contributed by atoms with van der Waals surface area (Å²) in [5.74, 6) is -0.313. The third kappa shape index (κ3) is 4.27. The number of carbonyl (C=O) groups is 2. The van der Waals surface area contributed by atoms with Gasteiger partial charge in [0.05, 0.1) is 37.3 Å². The summed E-state index contributed by atoms with van der Waals surface area (Å²) in [6.45, 7) is -1.60. The minimum absolute atomic E-state index is 0.0766. The van der Waals surface area contributed by atoms with Crippen molar-refractivity contribution in [3.05, 3.63) is 36.3 Å². The van der Waals surface area contributed by atoms with Crippen LogP contribution in [0.25, 0.3) is 11.4 Å². The summed E-state index contributed by atoms with van der Waals surface area (Å²) < 4.78 is 34.7. The number of benzene rings is 1. The molecule has 1 saturated carbocycles. The van der Waals surface area contributed by atoms with Crippen LogP contribution < -0.4 is 20.7 Å². The smallest absolute Gasteiger partial charge is 0.273 e. The average Bonchev–Trinajstić information content (AvgIpc) is 3.56. The van der Waals surface area contributed by atoms with Crippen LogP contribution in [0.15, 0.2) is 30.6 Å². The standard InChI is InChI=1S/C22H24N8O4/c1-23-22(32)18-16(8-17(27-28-18)26-21(31)12-6-7-12)25-15-5-3-4-14(19(15)33-2)20-24-11-30(29-20)13-9-34-10-13/h3-5,8,11-13H,6-7,9-10H2,1-2H3,(H,23,32)(H2,25,26,27,31)/i1D3. The van der Waals surface area contributed by atoms with E-state index in [-0.39, 0.29) is 35.1 Å². The number of hydrogen-bond donors (Lipinski definition) is 3. The van der Waals surface area contributed by atoms with Crippen molar-refractivity contribution >= 4 is 29.0 Å². The highest BCUT2D eigenvalue weighted by atomic mass is 16.5. The molecule has 3 N–H and O–H groups in total. The number of methoxy groups -OCH3 is 1. The highest BCUT2D eigenvalue weighted by Crippen LogP contribution is 2.37. The van der Waals surface area contributed by atoms with Crippen molar-refractivity contribution in [2.24, 2.45) is 5.92 Å². The maximum Gasteiger partial charge on any atom is 0.273 e. The van der Waals surface area contributed by atoms with Gasteiger partial charge in [0.25, 0.3) is 5.91 Å². The van der Waals surface area contributed by atoms with E-state index in [2.05, 4.69) is 30.9 Å². The molecule has 1 aromatic carbocycles. The Labute approximate surface area is 199 Å². The fourth-order valence-electron chi connectivity index (χ4n) is 3.48. The first-order chi connectivity index (χ1) is 17.7. The molecule has 1 saturated heterocycles. The van der Waals surface area contributed by atoms with Gasteiger partial charge in [-0.3, -0.25) is 9.59 Å². The number of amides is 2. The number of carbonyl (C=O) groups excluding carboxylic acids is 2. The van der Waals surface area contributed by atoms with Gasteiger partial charge >= 0.3 is 0 Å². The van der Waals surface area contributed by atoms with E-state index in [9.17, 15) is 9.59 Å². The Kier molecular flexibility index (Phi) is 4.90. The first-order valence-corrected chi connectivity index (χ1v) is 10.7. The third-order valence-electron chi connectivity index (χ3n) is 5.55. The van der Waals surface area contributed by atoms with Gasteiger partial charge in [-0.2, -0.15) is 5.10 Å². The molecule has 2 aliphatic rings. The number of hydrogen-bond acceptors (Lipinski definition) is 9. The van der Waals surface area contributed by atoms with Crippen LogP contribution in [0.4, 0.5) is 17.2 Å². The molecular weight excluding hydrogens is 440 g/mol. The van der Waals surface area contributed by atoms with Crippen molar-refractivity contribution in [3.63, 3.8) is 0 Å². The van der Waals surface area contributed by atoms with Gasteiger partial charge in [-0.05, 0) is 25.0 Å². The van der Waals surface area contributed by atoms with Crippen molar-refractivity contribution in [2.45, 2.75) is 18.9 Å². The lowest BCUT2D eigenvalue weighted by Gasteiger charge is -2.25. The molecule has 5 rings (SSSR count). The third-order valence-corrected chi connectivity index (χ3v) is 5.55. The quantitative estimate of drug-likeness (QED) is 0.451. The lowest BCUT2D eigenvalue weighted by molar-refractivity contribution is -0.117. The fraction of sp³-hybridized carbons (Fsp3) is 0.364. The molecule has 3 aromatic rings. The Morgan fingerprint density at radius 3 is 2.79 bits per heavy atom.